The van der Waals surface area contributed by atoms with E-state index in [2.05, 4.69) is 12.0 Å². The van der Waals surface area contributed by atoms with Gasteiger partial charge >= 0.3 is 5.97 Å². The normalized spacial score (nSPS) is 17.2. The van der Waals surface area contributed by atoms with E-state index in [-0.39, 0.29) is 17.9 Å². The van der Waals surface area contributed by atoms with Crippen molar-refractivity contribution < 1.29 is 13.9 Å². The molecule has 3 rings (SSSR count). The molecule has 2 heterocycles. The lowest BCUT2D eigenvalue weighted by Crippen LogP contribution is -2.37. The number of esters is 1. The predicted octanol–water partition coefficient (Wildman–Crippen LogP) is 2.78. The summed E-state index contributed by atoms with van der Waals surface area (Å²) < 4.78 is 19.4. The minimum absolute atomic E-state index is 0.102. The van der Waals surface area contributed by atoms with Crippen LogP contribution in [0.25, 0.3) is 5.69 Å². The summed E-state index contributed by atoms with van der Waals surface area (Å²) >= 11 is 0. The van der Waals surface area contributed by atoms with Crippen LogP contribution in [0.3, 0.4) is 0 Å². The number of hydrogen-bond donors (Lipinski definition) is 0. The van der Waals surface area contributed by atoms with Crippen LogP contribution in [0.4, 0.5) is 10.1 Å². The Kier molecular flexibility index (Phi) is 5.35. The lowest BCUT2D eigenvalue weighted by molar-refractivity contribution is 0.0517. The van der Waals surface area contributed by atoms with E-state index in [1.165, 1.54) is 30.3 Å². The van der Waals surface area contributed by atoms with E-state index >= 15 is 0 Å². The molecule has 0 bridgehead atoms. The summed E-state index contributed by atoms with van der Waals surface area (Å²) in [6, 6.07) is 6.80. The largest absolute Gasteiger partial charge is 0.461 e. The number of rotatable bonds is 4. The van der Waals surface area contributed by atoms with E-state index in [4.69, 9.17) is 4.74 Å². The average Bonchev–Trinajstić information content (AvgIpc) is 2.62. The molecule has 0 aliphatic carbocycles. The van der Waals surface area contributed by atoms with Crippen LogP contribution in [0, 0.1) is 11.7 Å². The Morgan fingerprint density at radius 3 is 2.73 bits per heavy atom. The van der Waals surface area contributed by atoms with Gasteiger partial charge in [-0.15, -0.1) is 0 Å². The van der Waals surface area contributed by atoms with Crippen molar-refractivity contribution in [2.75, 3.05) is 24.6 Å². The molecule has 6 nitrogen and oxygen atoms in total. The van der Waals surface area contributed by atoms with Gasteiger partial charge in [-0.2, -0.15) is 9.78 Å². The van der Waals surface area contributed by atoms with Crippen LogP contribution in [-0.2, 0) is 4.74 Å². The highest BCUT2D eigenvalue weighted by molar-refractivity contribution is 5.93. The third kappa shape index (κ3) is 3.76. The SMILES string of the molecule is CCOC(=O)c1nn(-c2ccc(F)cc2)c(=O)cc1N1CCCC(C)C1. The summed E-state index contributed by atoms with van der Waals surface area (Å²) in [7, 11) is 0. The molecule has 1 aliphatic heterocycles. The number of carbonyl (C=O) groups excluding carboxylic acids is 1. The first-order valence-electron chi connectivity index (χ1n) is 8.82. The van der Waals surface area contributed by atoms with Gasteiger partial charge in [0.15, 0.2) is 5.69 Å². The summed E-state index contributed by atoms with van der Waals surface area (Å²) in [5.41, 5.74) is 0.613. The first-order valence-corrected chi connectivity index (χ1v) is 8.82. The maximum absolute atomic E-state index is 13.2. The predicted molar refractivity (Wildman–Crippen MR) is 96.4 cm³/mol. The van der Waals surface area contributed by atoms with E-state index in [1.807, 2.05) is 4.90 Å². The Labute approximate surface area is 151 Å². The molecule has 0 radical (unpaired) electrons. The Hall–Kier alpha value is -2.70. The van der Waals surface area contributed by atoms with Crippen LogP contribution in [-0.4, -0.2) is 35.4 Å². The zero-order chi connectivity index (χ0) is 18.7. The Morgan fingerprint density at radius 2 is 2.08 bits per heavy atom. The quantitative estimate of drug-likeness (QED) is 0.786. The van der Waals surface area contributed by atoms with Crippen molar-refractivity contribution in [1.82, 2.24) is 9.78 Å². The number of anilines is 1. The topological polar surface area (TPSA) is 64.4 Å². The second-order valence-corrected chi connectivity index (χ2v) is 6.52. The molecule has 1 unspecified atom stereocenters. The van der Waals surface area contributed by atoms with Crippen molar-refractivity contribution in [3.8, 4) is 5.69 Å². The van der Waals surface area contributed by atoms with Gasteiger partial charge in [-0.25, -0.2) is 9.18 Å². The minimum Gasteiger partial charge on any atom is -0.461 e. The number of ether oxygens (including phenoxy) is 1. The number of piperidine rings is 1. The number of carbonyl (C=O) groups is 1. The summed E-state index contributed by atoms with van der Waals surface area (Å²) in [5.74, 6) is -0.513. The highest BCUT2D eigenvalue weighted by Crippen LogP contribution is 2.25. The van der Waals surface area contributed by atoms with Gasteiger partial charge in [0, 0.05) is 19.2 Å². The van der Waals surface area contributed by atoms with Gasteiger partial charge in [-0.05, 0) is 49.9 Å². The summed E-state index contributed by atoms with van der Waals surface area (Å²) in [6.45, 7) is 5.60. The highest BCUT2D eigenvalue weighted by atomic mass is 19.1. The van der Waals surface area contributed by atoms with Crippen molar-refractivity contribution in [3.63, 3.8) is 0 Å². The average molecular weight is 359 g/mol. The molecule has 1 atom stereocenters. The number of aromatic nitrogens is 2. The first kappa shape index (κ1) is 18.1. The number of halogens is 1. The number of nitrogens with zero attached hydrogens (tertiary/aromatic N) is 3. The Morgan fingerprint density at radius 1 is 1.35 bits per heavy atom. The monoisotopic (exact) mass is 359 g/mol. The molecule has 1 aromatic carbocycles. The molecule has 1 fully saturated rings. The molecule has 1 aromatic heterocycles. The van der Waals surface area contributed by atoms with Crippen molar-refractivity contribution in [2.24, 2.45) is 5.92 Å². The van der Waals surface area contributed by atoms with Gasteiger partial charge in [-0.3, -0.25) is 4.79 Å². The Balaban J connectivity index is 2.09. The molecule has 2 aromatic rings. The molecule has 1 saturated heterocycles. The minimum atomic E-state index is -0.573. The molecule has 0 saturated carbocycles. The van der Waals surface area contributed by atoms with Crippen LogP contribution in [0.15, 0.2) is 35.1 Å². The van der Waals surface area contributed by atoms with E-state index < -0.39 is 11.8 Å². The fourth-order valence-electron chi connectivity index (χ4n) is 3.21. The standard InChI is InChI=1S/C19H22FN3O3/c1-3-26-19(25)18-16(22-10-4-5-13(2)12-22)11-17(24)23(21-18)15-8-6-14(20)7-9-15/h6-9,11,13H,3-5,10,12H2,1-2H3. The van der Waals surface area contributed by atoms with Gasteiger partial charge in [-0.1, -0.05) is 6.92 Å². The highest BCUT2D eigenvalue weighted by Gasteiger charge is 2.25. The van der Waals surface area contributed by atoms with E-state index in [9.17, 15) is 14.0 Å². The summed E-state index contributed by atoms with van der Waals surface area (Å²) in [6.07, 6.45) is 2.11. The molecular weight excluding hydrogens is 337 g/mol. The molecule has 0 N–H and O–H groups in total. The van der Waals surface area contributed by atoms with Crippen LogP contribution in [0.2, 0.25) is 0 Å². The third-order valence-corrected chi connectivity index (χ3v) is 4.45. The van der Waals surface area contributed by atoms with Crippen LogP contribution in [0.1, 0.15) is 37.2 Å². The van der Waals surface area contributed by atoms with Crippen molar-refractivity contribution in [1.29, 1.82) is 0 Å². The number of benzene rings is 1. The van der Waals surface area contributed by atoms with Crippen LogP contribution in [0.5, 0.6) is 0 Å². The fourth-order valence-corrected chi connectivity index (χ4v) is 3.21. The molecule has 138 valence electrons. The zero-order valence-corrected chi connectivity index (χ0v) is 14.9. The molecule has 26 heavy (non-hydrogen) atoms. The smallest absolute Gasteiger partial charge is 0.360 e. The van der Waals surface area contributed by atoms with Crippen LogP contribution < -0.4 is 10.5 Å². The van der Waals surface area contributed by atoms with Gasteiger partial charge < -0.3 is 9.64 Å². The maximum Gasteiger partial charge on any atom is 0.360 e. The van der Waals surface area contributed by atoms with E-state index in [0.717, 1.165) is 30.6 Å². The molecule has 0 amide bonds. The lowest BCUT2D eigenvalue weighted by atomic mass is 9.99. The van der Waals surface area contributed by atoms with Crippen molar-refractivity contribution in [2.45, 2.75) is 26.7 Å². The lowest BCUT2D eigenvalue weighted by Gasteiger charge is -2.33. The van der Waals surface area contributed by atoms with Gasteiger partial charge in [0.25, 0.3) is 5.56 Å². The van der Waals surface area contributed by atoms with Crippen LogP contribution >= 0.6 is 0 Å². The van der Waals surface area contributed by atoms with Crippen molar-refractivity contribution >= 4 is 11.7 Å². The summed E-state index contributed by atoms with van der Waals surface area (Å²) in [4.78, 5) is 27.1. The molecular formula is C19H22FN3O3. The second kappa shape index (κ2) is 7.68. The van der Waals surface area contributed by atoms with Gasteiger partial charge in [0.2, 0.25) is 0 Å². The second-order valence-electron chi connectivity index (χ2n) is 6.52. The van der Waals surface area contributed by atoms with Gasteiger partial charge in [0.1, 0.15) is 5.82 Å². The third-order valence-electron chi connectivity index (χ3n) is 4.45. The molecule has 7 heteroatoms. The zero-order valence-electron chi connectivity index (χ0n) is 14.9. The fraction of sp³-hybridized carbons (Fsp3) is 0.421. The Bertz CT molecular complexity index is 848. The first-order chi connectivity index (χ1) is 12.5. The van der Waals surface area contributed by atoms with Crippen molar-refractivity contribution in [3.05, 3.63) is 52.2 Å². The number of hydrogen-bond acceptors (Lipinski definition) is 5. The van der Waals surface area contributed by atoms with E-state index in [0.29, 0.717) is 17.3 Å². The molecule has 0 spiro atoms. The van der Waals surface area contributed by atoms with E-state index in [1.54, 1.807) is 6.92 Å². The maximum atomic E-state index is 13.2. The molecule has 1 aliphatic rings. The van der Waals surface area contributed by atoms with Gasteiger partial charge in [0.05, 0.1) is 18.0 Å². The summed E-state index contributed by atoms with van der Waals surface area (Å²) in [5, 5.41) is 4.26.